The van der Waals surface area contributed by atoms with Crippen LogP contribution in [-0.2, 0) is 0 Å². The van der Waals surface area contributed by atoms with Gasteiger partial charge in [0.1, 0.15) is 0 Å². The highest BCUT2D eigenvalue weighted by Crippen LogP contribution is 2.01. The Balaban J connectivity index is 3.28. The van der Waals surface area contributed by atoms with Crippen molar-refractivity contribution in [1.29, 1.82) is 0 Å². The van der Waals surface area contributed by atoms with E-state index in [0.29, 0.717) is 0 Å². The first-order valence-electron chi connectivity index (χ1n) is 3.20. The highest BCUT2D eigenvalue weighted by atomic mass is 15.1. The van der Waals surface area contributed by atoms with Crippen molar-refractivity contribution in [2.24, 2.45) is 5.73 Å². The molecule has 0 spiro atoms. The Morgan fingerprint density at radius 3 is 2.00 bits per heavy atom. The summed E-state index contributed by atoms with van der Waals surface area (Å²) in [6, 6.07) is 0. The largest absolute Gasteiger partial charge is 0.325 e. The first kappa shape index (κ1) is 8.92. The third-order valence-electron chi connectivity index (χ3n) is 0.983. The lowest BCUT2D eigenvalue weighted by Gasteiger charge is -2.20. The summed E-state index contributed by atoms with van der Waals surface area (Å²) in [5.74, 6) is 0. The quantitative estimate of drug-likeness (QED) is 0.601. The predicted molar refractivity (Wildman–Crippen MR) is 41.1 cm³/mol. The summed E-state index contributed by atoms with van der Waals surface area (Å²) in [7, 11) is 4.06. The molecule has 0 amide bonds. The third-order valence-corrected chi connectivity index (χ3v) is 0.983. The molecule has 0 fully saturated rings. The smallest absolute Gasteiger partial charge is 0.0141 e. The molecule has 0 aromatic heterocycles. The van der Waals surface area contributed by atoms with Gasteiger partial charge in [0.15, 0.2) is 0 Å². The van der Waals surface area contributed by atoms with Crippen LogP contribution in [-0.4, -0.2) is 31.1 Å². The maximum absolute atomic E-state index is 5.70. The van der Waals surface area contributed by atoms with Crippen molar-refractivity contribution in [3.05, 3.63) is 6.42 Å². The molecular formula is C7H17N2. The molecule has 2 nitrogen and oxygen atoms in total. The summed E-state index contributed by atoms with van der Waals surface area (Å²) in [6.45, 7) is 4.94. The van der Waals surface area contributed by atoms with Crippen molar-refractivity contribution >= 4 is 0 Å². The van der Waals surface area contributed by atoms with E-state index < -0.39 is 0 Å². The van der Waals surface area contributed by atoms with Gasteiger partial charge in [-0.25, -0.2) is 0 Å². The van der Waals surface area contributed by atoms with Crippen LogP contribution in [0.4, 0.5) is 0 Å². The second-order valence-electron chi connectivity index (χ2n) is 3.29. The Morgan fingerprint density at radius 2 is 1.89 bits per heavy atom. The second-order valence-corrected chi connectivity index (χ2v) is 3.29. The lowest BCUT2D eigenvalue weighted by Crippen LogP contribution is -2.36. The maximum atomic E-state index is 5.70. The molecule has 0 bridgehead atoms. The number of nitrogens with two attached hydrogens (primary N) is 1. The number of hydrogen-bond donors (Lipinski definition) is 1. The fraction of sp³-hybridized carbons (Fsp3) is 0.857. The van der Waals surface area contributed by atoms with Crippen molar-refractivity contribution in [2.45, 2.75) is 19.4 Å². The molecule has 0 aromatic rings. The van der Waals surface area contributed by atoms with Gasteiger partial charge in [-0.15, -0.1) is 0 Å². The Labute approximate surface area is 58.0 Å². The predicted octanol–water partition coefficient (Wildman–Crippen LogP) is 0.490. The first-order chi connectivity index (χ1) is 3.92. The van der Waals surface area contributed by atoms with E-state index in [4.69, 9.17) is 5.73 Å². The molecule has 0 aliphatic rings. The highest BCUT2D eigenvalue weighted by molar-refractivity contribution is 4.90. The zero-order valence-corrected chi connectivity index (χ0v) is 6.81. The van der Waals surface area contributed by atoms with Gasteiger partial charge in [0.25, 0.3) is 0 Å². The fourth-order valence-corrected chi connectivity index (χ4v) is 0.418. The van der Waals surface area contributed by atoms with E-state index >= 15 is 0 Å². The van der Waals surface area contributed by atoms with E-state index in [2.05, 4.69) is 11.3 Å². The SMILES string of the molecule is CN(C)C[CH]C(C)(C)N. The minimum atomic E-state index is -0.135. The van der Waals surface area contributed by atoms with Gasteiger partial charge in [-0.1, -0.05) is 0 Å². The Kier molecular flexibility index (Phi) is 3.15. The first-order valence-corrected chi connectivity index (χ1v) is 3.20. The summed E-state index contributed by atoms with van der Waals surface area (Å²) in [5, 5.41) is 0. The van der Waals surface area contributed by atoms with E-state index in [1.807, 2.05) is 27.9 Å². The van der Waals surface area contributed by atoms with Gasteiger partial charge in [-0.05, 0) is 34.4 Å². The lowest BCUT2D eigenvalue weighted by atomic mass is 10.0. The molecule has 55 valence electrons. The van der Waals surface area contributed by atoms with E-state index in [0.717, 1.165) is 6.54 Å². The molecular weight excluding hydrogens is 112 g/mol. The van der Waals surface area contributed by atoms with Crippen molar-refractivity contribution in [1.82, 2.24) is 4.90 Å². The van der Waals surface area contributed by atoms with Gasteiger partial charge in [-0.2, -0.15) is 0 Å². The van der Waals surface area contributed by atoms with Crippen molar-refractivity contribution < 1.29 is 0 Å². The summed E-state index contributed by atoms with van der Waals surface area (Å²) in [6.07, 6.45) is 2.09. The normalized spacial score (nSPS) is 12.7. The van der Waals surface area contributed by atoms with Gasteiger partial charge in [-0.3, -0.25) is 0 Å². The van der Waals surface area contributed by atoms with Crippen LogP contribution in [0.1, 0.15) is 13.8 Å². The highest BCUT2D eigenvalue weighted by Gasteiger charge is 2.09. The molecule has 2 N–H and O–H groups in total. The summed E-state index contributed by atoms with van der Waals surface area (Å²) in [4.78, 5) is 2.09. The summed E-state index contributed by atoms with van der Waals surface area (Å²) in [5.41, 5.74) is 5.57. The Bertz CT molecular complexity index is 71.5. The van der Waals surface area contributed by atoms with E-state index in [1.165, 1.54) is 0 Å². The molecule has 2 heteroatoms. The maximum Gasteiger partial charge on any atom is 0.0141 e. The van der Waals surface area contributed by atoms with Crippen LogP contribution in [0.3, 0.4) is 0 Å². The summed E-state index contributed by atoms with van der Waals surface area (Å²) < 4.78 is 0. The average molecular weight is 129 g/mol. The van der Waals surface area contributed by atoms with Crippen LogP contribution in [0, 0.1) is 6.42 Å². The molecule has 0 aromatic carbocycles. The van der Waals surface area contributed by atoms with Crippen LogP contribution in [0.2, 0.25) is 0 Å². The van der Waals surface area contributed by atoms with Crippen LogP contribution >= 0.6 is 0 Å². The molecule has 0 heterocycles. The van der Waals surface area contributed by atoms with Gasteiger partial charge >= 0.3 is 0 Å². The summed E-state index contributed by atoms with van der Waals surface area (Å²) >= 11 is 0. The van der Waals surface area contributed by atoms with Crippen LogP contribution < -0.4 is 5.73 Å². The standard InChI is InChI=1S/C7H17N2/c1-7(2,8)5-6-9(3)4/h5H,6,8H2,1-4H3. The third kappa shape index (κ3) is 7.92. The zero-order chi connectivity index (χ0) is 7.49. The molecule has 0 atom stereocenters. The topological polar surface area (TPSA) is 29.3 Å². The molecule has 1 radical (unpaired) electrons. The Hall–Kier alpha value is -0.0800. The molecule has 9 heavy (non-hydrogen) atoms. The molecule has 0 unspecified atom stereocenters. The van der Waals surface area contributed by atoms with Gasteiger partial charge in [0.2, 0.25) is 0 Å². The lowest BCUT2D eigenvalue weighted by molar-refractivity contribution is 0.409. The van der Waals surface area contributed by atoms with Gasteiger partial charge in [0.05, 0.1) is 0 Å². The molecule has 0 aliphatic carbocycles. The van der Waals surface area contributed by atoms with Gasteiger partial charge < -0.3 is 10.6 Å². The minimum absolute atomic E-state index is 0.135. The number of rotatable bonds is 3. The average Bonchev–Trinajstić information content (AvgIpc) is 1.59. The number of hydrogen-bond acceptors (Lipinski definition) is 2. The van der Waals surface area contributed by atoms with Crippen molar-refractivity contribution in [3.8, 4) is 0 Å². The van der Waals surface area contributed by atoms with Crippen LogP contribution in [0.15, 0.2) is 0 Å². The zero-order valence-electron chi connectivity index (χ0n) is 6.81. The fourth-order valence-electron chi connectivity index (χ4n) is 0.418. The van der Waals surface area contributed by atoms with Crippen molar-refractivity contribution in [3.63, 3.8) is 0 Å². The van der Waals surface area contributed by atoms with Gasteiger partial charge in [0, 0.05) is 12.1 Å². The molecule has 0 saturated carbocycles. The monoisotopic (exact) mass is 129 g/mol. The van der Waals surface area contributed by atoms with Crippen LogP contribution in [0.25, 0.3) is 0 Å². The van der Waals surface area contributed by atoms with E-state index in [9.17, 15) is 0 Å². The molecule has 0 rings (SSSR count). The van der Waals surface area contributed by atoms with Crippen molar-refractivity contribution in [2.75, 3.05) is 20.6 Å². The van der Waals surface area contributed by atoms with E-state index in [-0.39, 0.29) is 5.54 Å². The molecule has 0 aliphatic heterocycles. The number of nitrogens with zero attached hydrogens (tertiary/aromatic N) is 1. The van der Waals surface area contributed by atoms with Crippen LogP contribution in [0.5, 0.6) is 0 Å². The Morgan fingerprint density at radius 1 is 1.44 bits per heavy atom. The van der Waals surface area contributed by atoms with E-state index in [1.54, 1.807) is 0 Å². The molecule has 0 saturated heterocycles. The minimum Gasteiger partial charge on any atom is -0.325 e. The second kappa shape index (κ2) is 3.18.